The van der Waals surface area contributed by atoms with Gasteiger partial charge in [0.05, 0.1) is 24.3 Å². The molecule has 124 valence electrons. The first-order valence-corrected chi connectivity index (χ1v) is 7.10. The minimum absolute atomic E-state index is 0.0102. The first-order chi connectivity index (χ1) is 11.5. The molecule has 24 heavy (non-hydrogen) atoms. The number of hydrogen-bond donors (Lipinski definition) is 2. The summed E-state index contributed by atoms with van der Waals surface area (Å²) >= 11 is 5.05. The molecule has 2 rings (SSSR count). The van der Waals surface area contributed by atoms with E-state index in [4.69, 9.17) is 17.0 Å². The second-order valence-corrected chi connectivity index (χ2v) is 4.92. The lowest BCUT2D eigenvalue weighted by atomic mass is 10.2. The molecule has 0 aliphatic carbocycles. The van der Waals surface area contributed by atoms with Crippen molar-refractivity contribution >= 4 is 34.9 Å². The zero-order chi connectivity index (χ0) is 17.5. The predicted octanol–water partition coefficient (Wildman–Crippen LogP) is 2.00. The Labute approximate surface area is 142 Å². The van der Waals surface area contributed by atoms with Gasteiger partial charge in [-0.15, -0.1) is 0 Å². The summed E-state index contributed by atoms with van der Waals surface area (Å²) in [5.41, 5.74) is 3.05. The number of nitro benzene ring substituents is 1. The maximum absolute atomic E-state index is 12.0. The largest absolute Gasteiger partial charge is 0.870 e. The van der Waals surface area contributed by atoms with Gasteiger partial charge < -0.3 is 15.2 Å². The molecule has 8 nitrogen and oxygen atoms in total. The van der Waals surface area contributed by atoms with Gasteiger partial charge in [0.15, 0.2) is 5.11 Å². The predicted molar refractivity (Wildman–Crippen MR) is 92.5 cm³/mol. The molecule has 2 aromatic carbocycles. The van der Waals surface area contributed by atoms with E-state index < -0.39 is 10.7 Å². The molecule has 0 spiro atoms. The number of nitro groups is 1. The van der Waals surface area contributed by atoms with E-state index in [0.717, 1.165) is 24.0 Å². The van der Waals surface area contributed by atoms with E-state index in [1.165, 1.54) is 7.11 Å². The molecule has 0 aromatic heterocycles. The van der Waals surface area contributed by atoms with E-state index >= 15 is 0 Å². The highest BCUT2D eigenvalue weighted by molar-refractivity contribution is 7.80. The van der Waals surface area contributed by atoms with Crippen LogP contribution in [0.2, 0.25) is 0 Å². The van der Waals surface area contributed by atoms with Crippen molar-refractivity contribution < 1.29 is 14.8 Å². The molecule has 0 aliphatic heterocycles. The monoisotopic (exact) mass is 345 g/mol. The molecule has 0 bridgehead atoms. The lowest BCUT2D eigenvalue weighted by Gasteiger charge is -2.15. The van der Waals surface area contributed by atoms with Crippen molar-refractivity contribution in [3.63, 3.8) is 0 Å². The molecule has 2 N–H and O–H groups in total. The number of thiocarbonyl (C=S) groups is 1. The molecule has 0 fully saturated rings. The molecule has 9 heteroatoms. The Balaban J connectivity index is 2.09. The van der Waals surface area contributed by atoms with Crippen LogP contribution in [0.15, 0.2) is 47.6 Å². The average Bonchev–Trinajstić information content (AvgIpc) is 2.57. The van der Waals surface area contributed by atoms with E-state index in [9.17, 15) is 15.2 Å². The Kier molecular flexibility index (Phi) is 5.63. The molecule has 0 saturated carbocycles. The second kappa shape index (κ2) is 7.88. The van der Waals surface area contributed by atoms with Gasteiger partial charge in [0.2, 0.25) is 0 Å². The topological polar surface area (TPSA) is 112 Å². The highest BCUT2D eigenvalue weighted by Gasteiger charge is 2.11. The highest BCUT2D eigenvalue weighted by Crippen LogP contribution is 2.31. The van der Waals surface area contributed by atoms with Crippen LogP contribution in [0.5, 0.6) is 11.5 Å². The number of non-ortho nitro benzene ring substituents is 1. The molecule has 0 amide bonds. The highest BCUT2D eigenvalue weighted by atomic mass is 32.1. The van der Waals surface area contributed by atoms with Crippen LogP contribution in [0.3, 0.4) is 0 Å². The van der Waals surface area contributed by atoms with Gasteiger partial charge in [0, 0.05) is 11.8 Å². The fourth-order valence-electron chi connectivity index (χ4n) is 1.80. The first kappa shape index (κ1) is 17.2. The number of rotatable bonds is 5. The summed E-state index contributed by atoms with van der Waals surface area (Å²) in [4.78, 5) is 10.3. The number of benzene rings is 2. The molecule has 0 aliphatic rings. The fraction of sp³-hybridized carbons (Fsp3) is 0.0667. The van der Waals surface area contributed by atoms with Gasteiger partial charge in [0.1, 0.15) is 5.75 Å². The third-order valence-corrected chi connectivity index (χ3v) is 3.09. The minimum Gasteiger partial charge on any atom is -0.870 e. The molecule has 0 heterocycles. The SMILES string of the molecule is COc1cc([N+](=O)[O-])cc(/C=N\NC(=S)Nc2ccccc2)c1[O-]. The third kappa shape index (κ3) is 4.40. The normalized spacial score (nSPS) is 10.4. The number of anilines is 1. The van der Waals surface area contributed by atoms with Gasteiger partial charge in [-0.3, -0.25) is 15.5 Å². The van der Waals surface area contributed by atoms with Crippen LogP contribution in [-0.4, -0.2) is 23.4 Å². The molecule has 0 saturated heterocycles. The smallest absolute Gasteiger partial charge is 0.273 e. The van der Waals surface area contributed by atoms with Crippen LogP contribution < -0.4 is 20.6 Å². The summed E-state index contributed by atoms with van der Waals surface area (Å²) in [5, 5.41) is 29.8. The quantitative estimate of drug-likeness (QED) is 0.369. The molecule has 0 atom stereocenters. The van der Waals surface area contributed by atoms with Gasteiger partial charge in [-0.2, -0.15) is 5.10 Å². The second-order valence-electron chi connectivity index (χ2n) is 4.51. The Morgan fingerprint density at radius 3 is 2.67 bits per heavy atom. The summed E-state index contributed by atoms with van der Waals surface area (Å²) < 4.78 is 4.85. The summed E-state index contributed by atoms with van der Waals surface area (Å²) in [6, 6.07) is 11.4. The number of hydrogen-bond acceptors (Lipinski definition) is 6. The maximum atomic E-state index is 12.0. The van der Waals surface area contributed by atoms with Crippen molar-refractivity contribution in [2.45, 2.75) is 0 Å². The van der Waals surface area contributed by atoms with Crippen LogP contribution >= 0.6 is 12.2 Å². The maximum Gasteiger partial charge on any atom is 0.273 e. The summed E-state index contributed by atoms with van der Waals surface area (Å²) in [6.07, 6.45) is 1.15. The van der Waals surface area contributed by atoms with Crippen molar-refractivity contribution in [2.24, 2.45) is 5.10 Å². The van der Waals surface area contributed by atoms with Crippen LogP contribution in [0.4, 0.5) is 11.4 Å². The number of nitrogens with one attached hydrogen (secondary N) is 2. The summed E-state index contributed by atoms with van der Waals surface area (Å²) in [5.74, 6) is -0.633. The van der Waals surface area contributed by atoms with E-state index in [-0.39, 0.29) is 22.1 Å². The number of para-hydroxylation sites is 1. The Morgan fingerprint density at radius 2 is 2.04 bits per heavy atom. The lowest BCUT2D eigenvalue weighted by molar-refractivity contribution is -0.385. The molecular weight excluding hydrogens is 332 g/mol. The van der Waals surface area contributed by atoms with Gasteiger partial charge in [0.25, 0.3) is 5.69 Å². The van der Waals surface area contributed by atoms with Gasteiger partial charge in [-0.05, 0) is 29.9 Å². The Morgan fingerprint density at radius 1 is 1.33 bits per heavy atom. The van der Waals surface area contributed by atoms with Crippen LogP contribution in [0.1, 0.15) is 5.56 Å². The third-order valence-electron chi connectivity index (χ3n) is 2.90. The van der Waals surface area contributed by atoms with Crippen molar-refractivity contribution in [3.05, 3.63) is 58.1 Å². The zero-order valence-electron chi connectivity index (χ0n) is 12.6. The molecule has 0 unspecified atom stereocenters. The first-order valence-electron chi connectivity index (χ1n) is 6.70. The Bertz CT molecular complexity index is 781. The van der Waals surface area contributed by atoms with Crippen molar-refractivity contribution in [1.29, 1.82) is 0 Å². The van der Waals surface area contributed by atoms with E-state index in [1.54, 1.807) is 0 Å². The van der Waals surface area contributed by atoms with E-state index in [2.05, 4.69) is 15.8 Å². The van der Waals surface area contributed by atoms with Gasteiger partial charge in [-0.25, -0.2) is 0 Å². The van der Waals surface area contributed by atoms with Crippen molar-refractivity contribution in [3.8, 4) is 11.5 Å². The van der Waals surface area contributed by atoms with Crippen LogP contribution in [0, 0.1) is 10.1 Å². The number of hydrazone groups is 1. The molecular formula is C15H13N4O4S-. The minimum atomic E-state index is -0.617. The van der Waals surface area contributed by atoms with Crippen molar-refractivity contribution in [1.82, 2.24) is 5.43 Å². The summed E-state index contributed by atoms with van der Waals surface area (Å²) in [6.45, 7) is 0. The molecule has 2 aromatic rings. The van der Waals surface area contributed by atoms with E-state index in [1.807, 2.05) is 30.3 Å². The number of nitrogens with zero attached hydrogens (tertiary/aromatic N) is 2. The molecule has 0 radical (unpaired) electrons. The standard InChI is InChI=1S/C15H14N4O4S/c1-23-13-8-12(19(21)22)7-10(14(13)20)9-16-18-15(24)17-11-5-3-2-4-6-11/h2-9,20H,1H3,(H2,17,18,24)/p-1/b16-9-. The lowest BCUT2D eigenvalue weighted by Crippen LogP contribution is -2.23. The van der Waals surface area contributed by atoms with Gasteiger partial charge in [-0.1, -0.05) is 23.9 Å². The average molecular weight is 345 g/mol. The van der Waals surface area contributed by atoms with Crippen molar-refractivity contribution in [2.75, 3.05) is 12.4 Å². The fourth-order valence-corrected chi connectivity index (χ4v) is 1.97. The number of methoxy groups -OCH3 is 1. The van der Waals surface area contributed by atoms with E-state index in [0.29, 0.717) is 0 Å². The summed E-state index contributed by atoms with van der Waals surface area (Å²) in [7, 11) is 1.26. The van der Waals surface area contributed by atoms with Crippen LogP contribution in [0.25, 0.3) is 0 Å². The van der Waals surface area contributed by atoms with Crippen LogP contribution in [-0.2, 0) is 0 Å². The number of ether oxygens (including phenoxy) is 1. The Hall–Kier alpha value is -3.20. The van der Waals surface area contributed by atoms with Gasteiger partial charge >= 0.3 is 0 Å². The zero-order valence-corrected chi connectivity index (χ0v) is 13.4.